The summed E-state index contributed by atoms with van der Waals surface area (Å²) in [6.45, 7) is -0.193. The van der Waals surface area contributed by atoms with Gasteiger partial charge in [0, 0.05) is 17.3 Å². The summed E-state index contributed by atoms with van der Waals surface area (Å²) < 4.78 is 23.2. The van der Waals surface area contributed by atoms with Crippen LogP contribution in [0, 0.1) is 3.57 Å². The molecule has 1 rings (SSSR count). The van der Waals surface area contributed by atoms with E-state index in [1.54, 1.807) is 6.20 Å². The van der Waals surface area contributed by atoms with Crippen LogP contribution in [-0.2, 0) is 13.4 Å². The van der Waals surface area contributed by atoms with E-state index in [1.165, 1.54) is 0 Å². The Kier molecular flexibility index (Phi) is 1.18. The lowest BCUT2D eigenvalue weighted by molar-refractivity contribution is 0.746. The molecule has 0 aliphatic carbocycles. The topological polar surface area (TPSA) is 17.8 Å². The number of aryl methyl sites for hydroxylation is 2. The first kappa shape index (κ1) is 3.95. The van der Waals surface area contributed by atoms with Crippen molar-refractivity contribution in [3.8, 4) is 0 Å². The molecule has 3 heteroatoms. The van der Waals surface area contributed by atoms with Crippen molar-refractivity contribution in [1.29, 1.82) is 0 Å². The molecule has 0 N–H and O–H groups in total. The van der Waals surface area contributed by atoms with E-state index in [0.717, 1.165) is 20.4 Å². The number of hydrogen-bond acceptors (Lipinski definition) is 1. The quantitative estimate of drug-likeness (QED) is 0.680. The molecular weight excluding hydrogens is 227 g/mol. The third kappa shape index (κ3) is 1.44. The zero-order valence-electron chi connectivity index (χ0n) is 8.06. The van der Waals surface area contributed by atoms with Crippen molar-refractivity contribution in [2.45, 2.75) is 13.3 Å². The van der Waals surface area contributed by atoms with Crippen LogP contribution in [0.4, 0.5) is 0 Å². The maximum Gasteiger partial charge on any atom is 0.0755 e. The first-order valence-electron chi connectivity index (χ1n) is 4.19. The monoisotopic (exact) mass is 239 g/mol. The van der Waals surface area contributed by atoms with Crippen LogP contribution in [0.15, 0.2) is 6.20 Å². The van der Waals surface area contributed by atoms with Crippen LogP contribution in [0.2, 0.25) is 0 Å². The molecule has 0 radical (unpaired) electrons. The first-order chi connectivity index (χ1) is 5.45. The second kappa shape index (κ2) is 2.68. The first-order valence-corrected chi connectivity index (χ1v) is 3.77. The lowest BCUT2D eigenvalue weighted by atomic mass is 10.4. The minimum absolute atomic E-state index is 0.765. The van der Waals surface area contributed by atoms with Gasteiger partial charge in [-0.15, -0.1) is 0 Å². The van der Waals surface area contributed by atoms with E-state index in [4.69, 9.17) is 4.11 Å². The van der Waals surface area contributed by atoms with Crippen LogP contribution in [-0.4, -0.2) is 9.78 Å². The van der Waals surface area contributed by atoms with Crippen molar-refractivity contribution in [2.75, 3.05) is 0 Å². The summed E-state index contributed by atoms with van der Waals surface area (Å²) in [6.07, 6.45) is 2.31. The van der Waals surface area contributed by atoms with Gasteiger partial charge in [-0.05, 0) is 29.0 Å². The van der Waals surface area contributed by atoms with Crippen molar-refractivity contribution in [1.82, 2.24) is 9.78 Å². The maximum atomic E-state index is 7.09. The number of rotatable bonds is 1. The van der Waals surface area contributed by atoms with Crippen molar-refractivity contribution in [3.63, 3.8) is 0 Å². The second-order valence-corrected chi connectivity index (χ2v) is 2.88. The number of aromatic nitrogens is 2. The number of halogens is 1. The van der Waals surface area contributed by atoms with E-state index in [2.05, 4.69) is 27.7 Å². The summed E-state index contributed by atoms with van der Waals surface area (Å²) in [7, 11) is 0. The van der Waals surface area contributed by atoms with Crippen molar-refractivity contribution < 1.29 is 4.11 Å². The zero-order chi connectivity index (χ0) is 9.35. The molecule has 0 aromatic carbocycles. The van der Waals surface area contributed by atoms with Gasteiger partial charge < -0.3 is 0 Å². The van der Waals surface area contributed by atoms with E-state index >= 15 is 0 Å². The molecule has 0 spiro atoms. The standard InChI is InChI=1S/C6H9IN2/c1-3-6-5(7)4-9(2)8-6/h4H,3H2,1-2H3/i2D3. The molecule has 1 heterocycles. The molecule has 50 valence electrons. The Balaban J connectivity index is 3.05. The van der Waals surface area contributed by atoms with E-state index in [1.807, 2.05) is 6.92 Å². The largest absolute Gasteiger partial charge is 0.274 e. The maximum absolute atomic E-state index is 7.09. The molecule has 0 unspecified atom stereocenters. The van der Waals surface area contributed by atoms with Crippen LogP contribution < -0.4 is 0 Å². The smallest absolute Gasteiger partial charge is 0.0755 e. The molecule has 0 saturated carbocycles. The molecule has 0 fully saturated rings. The van der Waals surface area contributed by atoms with Crippen LogP contribution >= 0.6 is 22.6 Å². The molecular formula is C6H9IN2. The van der Waals surface area contributed by atoms with Gasteiger partial charge in [0.15, 0.2) is 0 Å². The minimum Gasteiger partial charge on any atom is -0.274 e. The zero-order valence-corrected chi connectivity index (χ0v) is 7.21. The third-order valence-electron chi connectivity index (χ3n) is 1.07. The van der Waals surface area contributed by atoms with E-state index in [9.17, 15) is 0 Å². The molecule has 0 bridgehead atoms. The van der Waals surface area contributed by atoms with Crippen LogP contribution in [0.5, 0.6) is 0 Å². The number of nitrogens with zero attached hydrogens (tertiary/aromatic N) is 2. The van der Waals surface area contributed by atoms with Gasteiger partial charge >= 0.3 is 0 Å². The van der Waals surface area contributed by atoms with E-state index < -0.39 is 6.98 Å². The Hall–Kier alpha value is -0.0600. The Morgan fingerprint density at radius 2 is 2.78 bits per heavy atom. The fourth-order valence-electron chi connectivity index (χ4n) is 0.628. The average Bonchev–Trinajstić information content (AvgIpc) is 2.29. The Morgan fingerprint density at radius 3 is 3.11 bits per heavy atom. The molecule has 9 heavy (non-hydrogen) atoms. The molecule has 0 saturated heterocycles. The SMILES string of the molecule is [2H]C([2H])([2H])n1cc(I)c(CC)n1. The van der Waals surface area contributed by atoms with Crippen LogP contribution in [0.1, 0.15) is 16.7 Å². The summed E-state index contributed by atoms with van der Waals surface area (Å²) in [5, 5.41) is 3.95. The van der Waals surface area contributed by atoms with Crippen molar-refractivity contribution in [2.24, 2.45) is 6.98 Å². The molecule has 1 aromatic rings. The van der Waals surface area contributed by atoms with E-state index in [-0.39, 0.29) is 0 Å². The van der Waals surface area contributed by atoms with Gasteiger partial charge in [-0.3, -0.25) is 4.68 Å². The molecule has 0 aliphatic heterocycles. The highest BCUT2D eigenvalue weighted by Gasteiger charge is 1.99. The molecule has 0 amide bonds. The van der Waals surface area contributed by atoms with Gasteiger partial charge in [-0.25, -0.2) is 0 Å². The van der Waals surface area contributed by atoms with Crippen LogP contribution in [0.3, 0.4) is 0 Å². The summed E-state index contributed by atoms with van der Waals surface area (Å²) in [6, 6.07) is 0. The molecule has 0 atom stereocenters. The van der Waals surface area contributed by atoms with Gasteiger partial charge in [-0.1, -0.05) is 6.92 Å². The fourth-order valence-corrected chi connectivity index (χ4v) is 1.38. The lowest BCUT2D eigenvalue weighted by Crippen LogP contribution is -1.88. The van der Waals surface area contributed by atoms with Crippen molar-refractivity contribution in [3.05, 3.63) is 15.5 Å². The van der Waals surface area contributed by atoms with Gasteiger partial charge in [0.2, 0.25) is 0 Å². The Bertz CT molecular complexity index is 279. The second-order valence-electron chi connectivity index (χ2n) is 1.72. The predicted octanol–water partition coefficient (Wildman–Crippen LogP) is 1.59. The minimum atomic E-state index is -2.15. The number of hydrogen-bond donors (Lipinski definition) is 0. The predicted molar refractivity (Wildman–Crippen MR) is 45.3 cm³/mol. The highest BCUT2D eigenvalue weighted by molar-refractivity contribution is 14.1. The summed E-state index contributed by atoms with van der Waals surface area (Å²) in [5.74, 6) is 0. The van der Waals surface area contributed by atoms with Crippen LogP contribution in [0.25, 0.3) is 0 Å². The normalized spacial score (nSPS) is 16.4. The average molecular weight is 239 g/mol. The van der Waals surface area contributed by atoms with Gasteiger partial charge in [-0.2, -0.15) is 5.10 Å². The Morgan fingerprint density at radius 1 is 2.00 bits per heavy atom. The lowest BCUT2D eigenvalue weighted by Gasteiger charge is -1.85. The third-order valence-corrected chi connectivity index (χ3v) is 1.98. The van der Waals surface area contributed by atoms with Gasteiger partial charge in [0.25, 0.3) is 0 Å². The molecule has 2 nitrogen and oxygen atoms in total. The summed E-state index contributed by atoms with van der Waals surface area (Å²) >= 11 is 2.09. The fraction of sp³-hybridized carbons (Fsp3) is 0.500. The summed E-state index contributed by atoms with van der Waals surface area (Å²) in [4.78, 5) is 0. The Labute approximate surface area is 72.6 Å². The highest BCUT2D eigenvalue weighted by atomic mass is 127. The molecule has 1 aromatic heterocycles. The van der Waals surface area contributed by atoms with E-state index in [0.29, 0.717) is 0 Å². The van der Waals surface area contributed by atoms with Gasteiger partial charge in [0.1, 0.15) is 0 Å². The summed E-state index contributed by atoms with van der Waals surface area (Å²) in [5.41, 5.74) is 0.840. The highest BCUT2D eigenvalue weighted by Crippen LogP contribution is 2.08. The van der Waals surface area contributed by atoms with Crippen molar-refractivity contribution >= 4 is 22.6 Å². The molecule has 0 aliphatic rings. The van der Waals surface area contributed by atoms with Gasteiger partial charge in [0.05, 0.1) is 9.26 Å².